The number of aliphatic hydroxyl groups is 1. The van der Waals surface area contributed by atoms with Gasteiger partial charge in [0.15, 0.2) is 5.82 Å². The Hall–Kier alpha value is -3.93. The van der Waals surface area contributed by atoms with Crippen molar-refractivity contribution in [2.24, 2.45) is 11.1 Å². The maximum Gasteiger partial charge on any atom is 0.252 e. The van der Waals surface area contributed by atoms with Gasteiger partial charge in [0.05, 0.1) is 12.8 Å². The molecule has 0 unspecified atom stereocenters. The Labute approximate surface area is 215 Å². The largest absolute Gasteiger partial charge is 0.481 e. The number of carbonyl (C=O) groups is 1. The van der Waals surface area contributed by atoms with Gasteiger partial charge in [-0.25, -0.2) is 9.97 Å². The number of carbonyl (C=O) groups excluding carboxylic acids is 1. The Morgan fingerprint density at radius 2 is 2.03 bits per heavy atom. The molecular formula is C29H29N5O3. The van der Waals surface area contributed by atoms with Gasteiger partial charge in [-0.15, -0.1) is 0 Å². The third-order valence-electron chi connectivity index (χ3n) is 7.92. The second kappa shape index (κ2) is 9.51. The van der Waals surface area contributed by atoms with Crippen molar-refractivity contribution >= 4 is 11.7 Å². The van der Waals surface area contributed by atoms with E-state index in [0.717, 1.165) is 37.9 Å². The molecule has 2 aromatic carbocycles. The predicted molar refractivity (Wildman–Crippen MR) is 139 cm³/mol. The van der Waals surface area contributed by atoms with E-state index in [-0.39, 0.29) is 30.6 Å². The third-order valence-corrected chi connectivity index (χ3v) is 7.92. The topological polar surface area (TPSA) is 114 Å². The van der Waals surface area contributed by atoms with Crippen LogP contribution in [0.25, 0.3) is 0 Å². The molecule has 3 aromatic rings. The minimum absolute atomic E-state index is 0.0584. The van der Waals surface area contributed by atoms with Crippen LogP contribution in [0.4, 0.5) is 5.82 Å². The summed E-state index contributed by atoms with van der Waals surface area (Å²) in [5, 5.41) is 12.8. The Morgan fingerprint density at radius 1 is 1.19 bits per heavy atom. The smallest absolute Gasteiger partial charge is 0.252 e. The van der Waals surface area contributed by atoms with Crippen LogP contribution in [0.3, 0.4) is 0 Å². The lowest BCUT2D eigenvalue weighted by atomic mass is 9.73. The highest BCUT2D eigenvalue weighted by Crippen LogP contribution is 2.51. The molecule has 3 heterocycles. The molecule has 1 fully saturated rings. The fourth-order valence-corrected chi connectivity index (χ4v) is 5.85. The van der Waals surface area contributed by atoms with Gasteiger partial charge in [0, 0.05) is 31.2 Å². The van der Waals surface area contributed by atoms with Crippen LogP contribution in [0.5, 0.6) is 5.75 Å². The highest BCUT2D eigenvalue weighted by Gasteiger charge is 2.46. The van der Waals surface area contributed by atoms with Crippen molar-refractivity contribution in [2.45, 2.75) is 38.5 Å². The van der Waals surface area contributed by atoms with Crippen molar-refractivity contribution in [3.05, 3.63) is 82.3 Å². The van der Waals surface area contributed by atoms with Crippen molar-refractivity contribution in [2.75, 3.05) is 24.6 Å². The number of hydrogen-bond acceptors (Lipinski definition) is 7. The fourth-order valence-electron chi connectivity index (χ4n) is 5.85. The first-order valence-electron chi connectivity index (χ1n) is 12.6. The molecule has 1 aromatic heterocycles. The van der Waals surface area contributed by atoms with E-state index in [1.807, 2.05) is 12.1 Å². The van der Waals surface area contributed by atoms with Crippen LogP contribution in [0, 0.1) is 17.3 Å². The molecule has 0 saturated carbocycles. The van der Waals surface area contributed by atoms with Crippen molar-refractivity contribution < 1.29 is 14.6 Å². The molecule has 188 valence electrons. The Balaban J connectivity index is 1.09. The van der Waals surface area contributed by atoms with E-state index in [9.17, 15) is 9.90 Å². The third kappa shape index (κ3) is 4.31. The molecule has 1 spiro atoms. The van der Waals surface area contributed by atoms with E-state index >= 15 is 0 Å². The van der Waals surface area contributed by atoms with E-state index in [1.165, 1.54) is 11.1 Å². The van der Waals surface area contributed by atoms with E-state index in [0.29, 0.717) is 35.1 Å². The first-order valence-corrected chi connectivity index (χ1v) is 12.6. The van der Waals surface area contributed by atoms with Crippen LogP contribution in [0.15, 0.2) is 48.7 Å². The monoisotopic (exact) mass is 495 g/mol. The zero-order valence-corrected chi connectivity index (χ0v) is 20.5. The summed E-state index contributed by atoms with van der Waals surface area (Å²) in [4.78, 5) is 23.2. The zero-order valence-electron chi connectivity index (χ0n) is 20.5. The maximum atomic E-state index is 11.8. The molecule has 4 N–H and O–H groups in total. The quantitative estimate of drug-likeness (QED) is 0.477. The highest BCUT2D eigenvalue weighted by molar-refractivity contribution is 5.98. The maximum absolute atomic E-state index is 11.8. The number of aromatic nitrogens is 2. The minimum Gasteiger partial charge on any atom is -0.481 e. The number of anilines is 1. The van der Waals surface area contributed by atoms with E-state index in [2.05, 4.69) is 56.3 Å². The van der Waals surface area contributed by atoms with Gasteiger partial charge in [0.25, 0.3) is 5.91 Å². The molecule has 37 heavy (non-hydrogen) atoms. The number of piperidine rings is 1. The van der Waals surface area contributed by atoms with Crippen LogP contribution < -0.4 is 20.7 Å². The number of hydrogen-bond donors (Lipinski definition) is 3. The molecule has 1 atom stereocenters. The van der Waals surface area contributed by atoms with Gasteiger partial charge < -0.3 is 25.8 Å². The lowest BCUT2D eigenvalue weighted by molar-refractivity contribution is 0.0965. The molecule has 1 aliphatic carbocycles. The summed E-state index contributed by atoms with van der Waals surface area (Å²) >= 11 is 0. The summed E-state index contributed by atoms with van der Waals surface area (Å²) in [5.41, 5.74) is 12.1. The number of aliphatic hydroxyl groups excluding tert-OH is 1. The number of rotatable bonds is 4. The SMILES string of the molecule is N[C@@H]1c2ccccc2CC12CCN(c1ncc(C#CCOc3ccc4c(c3)C(=O)NC4)nc1CO)CC2. The van der Waals surface area contributed by atoms with Crippen LogP contribution in [0.1, 0.15) is 57.3 Å². The predicted octanol–water partition coefficient (Wildman–Crippen LogP) is 2.49. The Bertz CT molecular complexity index is 1420. The number of benzene rings is 2. The number of ether oxygens (including phenoxy) is 1. The van der Waals surface area contributed by atoms with E-state index in [1.54, 1.807) is 12.3 Å². The number of nitrogens with zero attached hydrogens (tertiary/aromatic N) is 3. The highest BCUT2D eigenvalue weighted by atomic mass is 16.5. The minimum atomic E-state index is -0.210. The average Bonchev–Trinajstić information content (AvgIpc) is 3.43. The molecular weight excluding hydrogens is 466 g/mol. The molecule has 8 heteroatoms. The van der Waals surface area contributed by atoms with Gasteiger partial charge in [-0.05, 0) is 59.4 Å². The second-order valence-corrected chi connectivity index (χ2v) is 9.98. The van der Waals surface area contributed by atoms with E-state index in [4.69, 9.17) is 10.5 Å². The van der Waals surface area contributed by atoms with E-state index < -0.39 is 0 Å². The lowest BCUT2D eigenvalue weighted by Gasteiger charge is -2.42. The summed E-state index contributed by atoms with van der Waals surface area (Å²) < 4.78 is 5.68. The van der Waals surface area contributed by atoms with Crippen molar-refractivity contribution in [3.63, 3.8) is 0 Å². The Morgan fingerprint density at radius 3 is 2.84 bits per heavy atom. The summed E-state index contributed by atoms with van der Waals surface area (Å²) in [5.74, 6) is 7.12. The second-order valence-electron chi connectivity index (χ2n) is 9.98. The Kier molecular flexibility index (Phi) is 6.03. The molecule has 0 radical (unpaired) electrons. The average molecular weight is 496 g/mol. The molecule has 1 amide bonds. The molecule has 3 aliphatic rings. The van der Waals surface area contributed by atoms with Crippen molar-refractivity contribution in [1.29, 1.82) is 0 Å². The standard InChI is InChI=1S/C29H29N5O3/c30-26-23-6-2-1-4-19(23)15-29(26)9-11-34(12-10-29)27-25(18-35)33-21(17-31-27)5-3-13-37-22-8-7-20-16-32-28(36)24(20)14-22/h1-2,4,6-8,14,17,26,35H,9-13,15-16,18,30H2,(H,32,36)/t26-/m1/s1. The first-order chi connectivity index (χ1) is 18.1. The van der Waals surface area contributed by atoms with Gasteiger partial charge in [-0.1, -0.05) is 36.3 Å². The van der Waals surface area contributed by atoms with Gasteiger partial charge in [-0.2, -0.15) is 0 Å². The zero-order chi connectivity index (χ0) is 25.4. The van der Waals surface area contributed by atoms with Crippen LogP contribution in [-0.4, -0.2) is 40.7 Å². The van der Waals surface area contributed by atoms with Crippen LogP contribution in [-0.2, 0) is 19.6 Å². The molecule has 6 rings (SSSR count). The summed E-state index contributed by atoms with van der Waals surface area (Å²) in [6.07, 6.45) is 4.60. The molecule has 2 aliphatic heterocycles. The number of fused-ring (bicyclic) bond motifs is 2. The van der Waals surface area contributed by atoms with Gasteiger partial charge >= 0.3 is 0 Å². The van der Waals surface area contributed by atoms with Crippen LogP contribution >= 0.6 is 0 Å². The van der Waals surface area contributed by atoms with Gasteiger partial charge in [-0.3, -0.25) is 4.79 Å². The normalized spacial score (nSPS) is 19.1. The summed E-state index contributed by atoms with van der Waals surface area (Å²) in [6.45, 7) is 2.13. The molecule has 1 saturated heterocycles. The number of nitrogens with two attached hydrogens (primary N) is 1. The summed E-state index contributed by atoms with van der Waals surface area (Å²) in [7, 11) is 0. The first kappa shape index (κ1) is 23.5. The van der Waals surface area contributed by atoms with Crippen molar-refractivity contribution in [1.82, 2.24) is 15.3 Å². The lowest BCUT2D eigenvalue weighted by Crippen LogP contribution is -2.45. The number of nitrogens with one attached hydrogen (secondary N) is 1. The fraction of sp³-hybridized carbons (Fsp3) is 0.345. The molecule has 8 nitrogen and oxygen atoms in total. The van der Waals surface area contributed by atoms with Gasteiger partial charge in [0.1, 0.15) is 23.7 Å². The summed E-state index contributed by atoms with van der Waals surface area (Å²) in [6, 6.07) is 14.0. The van der Waals surface area contributed by atoms with Crippen molar-refractivity contribution in [3.8, 4) is 17.6 Å². The van der Waals surface area contributed by atoms with Gasteiger partial charge in [0.2, 0.25) is 0 Å². The number of amides is 1. The van der Waals surface area contributed by atoms with Crippen LogP contribution in [0.2, 0.25) is 0 Å². The molecule has 0 bridgehead atoms.